The number of hydrogen-bond donors (Lipinski definition) is 0. The highest BCUT2D eigenvalue weighted by atomic mass is 32.2. The Balaban J connectivity index is 2.15. The monoisotopic (exact) mass is 195 g/mol. The minimum atomic E-state index is 0.459. The number of hydrogen-bond acceptors (Lipinski definition) is 3. The summed E-state index contributed by atoms with van der Waals surface area (Å²) in [5.74, 6) is 0.945. The van der Waals surface area contributed by atoms with E-state index in [0.717, 1.165) is 16.5 Å². The van der Waals surface area contributed by atoms with Gasteiger partial charge in [-0.05, 0) is 38.2 Å². The van der Waals surface area contributed by atoms with E-state index < -0.39 is 0 Å². The largest absolute Gasteiger partial charge is 0.489 e. The zero-order valence-electron chi connectivity index (χ0n) is 7.91. The van der Waals surface area contributed by atoms with Crippen molar-refractivity contribution in [3.05, 3.63) is 17.8 Å². The van der Waals surface area contributed by atoms with E-state index >= 15 is 0 Å². The Morgan fingerprint density at radius 3 is 2.77 bits per heavy atom. The fourth-order valence-electron chi connectivity index (χ4n) is 1.13. The van der Waals surface area contributed by atoms with Crippen molar-refractivity contribution < 1.29 is 4.74 Å². The van der Waals surface area contributed by atoms with Crippen molar-refractivity contribution in [2.45, 2.75) is 30.9 Å². The van der Waals surface area contributed by atoms with Gasteiger partial charge in [0.2, 0.25) is 0 Å². The molecule has 2 nitrogen and oxygen atoms in total. The number of aryl methyl sites for hydroxylation is 1. The lowest BCUT2D eigenvalue weighted by Gasteiger charge is -2.07. The number of pyridine rings is 1. The highest BCUT2D eigenvalue weighted by Gasteiger charge is 2.24. The maximum Gasteiger partial charge on any atom is 0.140 e. The van der Waals surface area contributed by atoms with Crippen LogP contribution >= 0.6 is 11.8 Å². The molecular weight excluding hydrogens is 182 g/mol. The van der Waals surface area contributed by atoms with E-state index in [-0.39, 0.29) is 0 Å². The SMILES string of the molecule is CSc1ccc(OC2CC2)c(C)n1. The Bertz CT molecular complexity index is 310. The Morgan fingerprint density at radius 1 is 1.46 bits per heavy atom. The molecule has 0 unspecified atom stereocenters. The summed E-state index contributed by atoms with van der Waals surface area (Å²) in [5.41, 5.74) is 0.999. The third-order valence-electron chi connectivity index (χ3n) is 2.04. The molecule has 1 aliphatic carbocycles. The van der Waals surface area contributed by atoms with Crippen LogP contribution in [0, 0.1) is 6.92 Å². The van der Waals surface area contributed by atoms with Gasteiger partial charge in [0.1, 0.15) is 5.75 Å². The van der Waals surface area contributed by atoms with Gasteiger partial charge in [-0.1, -0.05) is 0 Å². The van der Waals surface area contributed by atoms with E-state index in [2.05, 4.69) is 4.98 Å². The minimum Gasteiger partial charge on any atom is -0.489 e. The molecule has 0 aliphatic heterocycles. The molecule has 1 aliphatic rings. The second kappa shape index (κ2) is 3.58. The lowest BCUT2D eigenvalue weighted by atomic mass is 10.3. The number of nitrogens with zero attached hydrogens (tertiary/aromatic N) is 1. The van der Waals surface area contributed by atoms with Gasteiger partial charge in [0.25, 0.3) is 0 Å². The summed E-state index contributed by atoms with van der Waals surface area (Å²) in [4.78, 5) is 4.41. The van der Waals surface area contributed by atoms with E-state index in [1.54, 1.807) is 11.8 Å². The van der Waals surface area contributed by atoms with Gasteiger partial charge < -0.3 is 4.74 Å². The predicted molar refractivity (Wildman–Crippen MR) is 54.4 cm³/mol. The van der Waals surface area contributed by atoms with Crippen molar-refractivity contribution in [2.24, 2.45) is 0 Å². The zero-order chi connectivity index (χ0) is 9.26. The van der Waals surface area contributed by atoms with Gasteiger partial charge in [0, 0.05) is 0 Å². The highest BCUT2D eigenvalue weighted by molar-refractivity contribution is 7.98. The van der Waals surface area contributed by atoms with Crippen LogP contribution in [-0.4, -0.2) is 17.3 Å². The standard InChI is InChI=1S/C10H13NOS/c1-7-9(12-8-3-4-8)5-6-10(11-7)13-2/h5-6,8H,3-4H2,1-2H3. The Hall–Kier alpha value is -0.700. The molecule has 0 bridgehead atoms. The molecule has 1 aromatic heterocycles. The molecule has 0 radical (unpaired) electrons. The van der Waals surface area contributed by atoms with Gasteiger partial charge in [-0.15, -0.1) is 11.8 Å². The molecule has 0 aromatic carbocycles. The van der Waals surface area contributed by atoms with E-state index in [9.17, 15) is 0 Å². The van der Waals surface area contributed by atoms with Crippen molar-refractivity contribution in [1.29, 1.82) is 0 Å². The maximum atomic E-state index is 5.68. The minimum absolute atomic E-state index is 0.459. The first-order valence-electron chi connectivity index (χ1n) is 4.48. The molecule has 1 saturated carbocycles. The number of ether oxygens (including phenoxy) is 1. The lowest BCUT2D eigenvalue weighted by Crippen LogP contribution is -1.99. The quantitative estimate of drug-likeness (QED) is 0.692. The second-order valence-corrected chi connectivity index (χ2v) is 4.08. The predicted octanol–water partition coefficient (Wildman–Crippen LogP) is 2.65. The molecular formula is C10H13NOS. The Labute approximate surface area is 82.7 Å². The molecule has 2 rings (SSSR count). The van der Waals surface area contributed by atoms with E-state index in [1.165, 1.54) is 12.8 Å². The zero-order valence-corrected chi connectivity index (χ0v) is 8.73. The van der Waals surface area contributed by atoms with Crippen LogP contribution < -0.4 is 4.74 Å². The molecule has 0 N–H and O–H groups in total. The van der Waals surface area contributed by atoms with Gasteiger partial charge in [-0.2, -0.15) is 0 Å². The van der Waals surface area contributed by atoms with Crippen LogP contribution in [0.25, 0.3) is 0 Å². The summed E-state index contributed by atoms with van der Waals surface area (Å²) in [6, 6.07) is 4.03. The second-order valence-electron chi connectivity index (χ2n) is 3.25. The molecule has 0 saturated heterocycles. The van der Waals surface area contributed by atoms with Gasteiger partial charge >= 0.3 is 0 Å². The first-order valence-corrected chi connectivity index (χ1v) is 5.70. The smallest absolute Gasteiger partial charge is 0.140 e. The molecule has 1 fully saturated rings. The topological polar surface area (TPSA) is 22.1 Å². The van der Waals surface area contributed by atoms with E-state index in [4.69, 9.17) is 4.74 Å². The number of aromatic nitrogens is 1. The number of rotatable bonds is 3. The normalized spacial score (nSPS) is 15.8. The first-order chi connectivity index (χ1) is 6.29. The summed E-state index contributed by atoms with van der Waals surface area (Å²) in [6.07, 6.45) is 4.89. The molecule has 1 aromatic rings. The molecule has 0 spiro atoms. The van der Waals surface area contributed by atoms with Crippen LogP contribution in [0.2, 0.25) is 0 Å². The molecule has 1 heterocycles. The highest BCUT2D eigenvalue weighted by Crippen LogP contribution is 2.29. The summed E-state index contributed by atoms with van der Waals surface area (Å²) < 4.78 is 5.68. The summed E-state index contributed by atoms with van der Waals surface area (Å²) in [6.45, 7) is 2.00. The van der Waals surface area contributed by atoms with Crippen LogP contribution in [0.5, 0.6) is 5.75 Å². The average Bonchev–Trinajstić information content (AvgIpc) is 2.92. The summed E-state index contributed by atoms with van der Waals surface area (Å²) >= 11 is 1.66. The fourth-order valence-corrected chi connectivity index (χ4v) is 1.56. The summed E-state index contributed by atoms with van der Waals surface area (Å²) in [7, 11) is 0. The molecule has 3 heteroatoms. The lowest BCUT2D eigenvalue weighted by molar-refractivity contribution is 0.299. The van der Waals surface area contributed by atoms with Gasteiger partial charge in [-0.25, -0.2) is 4.98 Å². The average molecular weight is 195 g/mol. The fraction of sp³-hybridized carbons (Fsp3) is 0.500. The molecule has 70 valence electrons. The first kappa shape index (κ1) is 8.88. The van der Waals surface area contributed by atoms with Crippen LogP contribution in [0.4, 0.5) is 0 Å². The van der Waals surface area contributed by atoms with Crippen molar-refractivity contribution in [2.75, 3.05) is 6.26 Å². The van der Waals surface area contributed by atoms with E-state index in [0.29, 0.717) is 6.10 Å². The van der Waals surface area contributed by atoms with E-state index in [1.807, 2.05) is 25.3 Å². The van der Waals surface area contributed by atoms with Crippen LogP contribution in [0.1, 0.15) is 18.5 Å². The van der Waals surface area contributed by atoms with Crippen molar-refractivity contribution in [1.82, 2.24) is 4.98 Å². The van der Waals surface area contributed by atoms with Crippen LogP contribution in [0.15, 0.2) is 17.2 Å². The Kier molecular flexibility index (Phi) is 2.44. The Morgan fingerprint density at radius 2 is 2.23 bits per heavy atom. The molecule has 13 heavy (non-hydrogen) atoms. The maximum absolute atomic E-state index is 5.68. The number of thioether (sulfide) groups is 1. The van der Waals surface area contributed by atoms with Gasteiger partial charge in [-0.3, -0.25) is 0 Å². The van der Waals surface area contributed by atoms with Crippen molar-refractivity contribution in [3.8, 4) is 5.75 Å². The van der Waals surface area contributed by atoms with Crippen LogP contribution in [0.3, 0.4) is 0 Å². The van der Waals surface area contributed by atoms with Crippen molar-refractivity contribution in [3.63, 3.8) is 0 Å². The van der Waals surface area contributed by atoms with Gasteiger partial charge in [0.05, 0.1) is 16.8 Å². The van der Waals surface area contributed by atoms with Crippen LogP contribution in [-0.2, 0) is 0 Å². The molecule has 0 amide bonds. The third kappa shape index (κ3) is 2.15. The van der Waals surface area contributed by atoms with Gasteiger partial charge in [0.15, 0.2) is 0 Å². The van der Waals surface area contributed by atoms with Crippen molar-refractivity contribution >= 4 is 11.8 Å². The third-order valence-corrected chi connectivity index (χ3v) is 2.68. The summed E-state index contributed by atoms with van der Waals surface area (Å²) in [5, 5.41) is 1.06. The molecule has 0 atom stereocenters.